The molecule has 0 bridgehead atoms. The van der Waals surface area contributed by atoms with Crippen molar-refractivity contribution in [1.29, 1.82) is 0 Å². The average Bonchev–Trinajstić information content (AvgIpc) is 3.17. The van der Waals surface area contributed by atoms with Crippen molar-refractivity contribution in [3.05, 3.63) is 0 Å². The maximum atomic E-state index is 12.1. The smallest absolute Gasteiger partial charge is 0.726 e. The molecule has 3 N–H and O–H groups in total. The normalized spacial score (nSPS) is 46.2. The molecule has 0 aromatic carbocycles. The Hall–Kier alpha value is -0.230. The van der Waals surface area contributed by atoms with Crippen molar-refractivity contribution in [3.63, 3.8) is 0 Å². The molecule has 0 aromatic rings. The van der Waals surface area contributed by atoms with Gasteiger partial charge >= 0.3 is 35.5 Å². The number of aliphatic hydroxyl groups excluding tert-OH is 1. The summed E-state index contributed by atoms with van der Waals surface area (Å²) in [6, 6.07) is 0. The Labute approximate surface area is 248 Å². The molecule has 4 aliphatic carbocycles. The summed E-state index contributed by atoms with van der Waals surface area (Å²) in [5.74, 6) is -1.87. The molecule has 0 radical (unpaired) electrons. The van der Waals surface area contributed by atoms with Crippen molar-refractivity contribution in [2.45, 2.75) is 97.1 Å². The zero-order valence-electron chi connectivity index (χ0n) is 26.2. The van der Waals surface area contributed by atoms with E-state index in [1.54, 1.807) is 0 Å². The van der Waals surface area contributed by atoms with Crippen molar-refractivity contribution in [1.82, 2.24) is 5.32 Å². The largest absolute Gasteiger partial charge is 1.00 e. The molecule has 0 heterocycles. The molecule has 1 amide bonds. The number of hydrogen-bond donors (Lipinski definition) is 3. The quantitative estimate of drug-likeness (QED) is 0.216. The Kier molecular flexibility index (Phi) is 8.14. The summed E-state index contributed by atoms with van der Waals surface area (Å²) in [6.45, 7) is 5.60. The Morgan fingerprint density at radius 1 is 1.22 bits per heavy atom. The molecule has 4 fully saturated rings. The van der Waals surface area contributed by atoms with E-state index >= 15 is 0 Å². The molecular weight excluding hydrogens is 509 g/mol. The second-order valence-corrected chi connectivity index (χ2v) is 12.9. The Bertz CT molecular complexity index is 1130. The molecule has 206 valence electrons. The number of carboxylic acid groups (broad SMARTS) is 1. The first kappa shape index (κ1) is 25.7. The van der Waals surface area contributed by atoms with Crippen LogP contribution in [0.15, 0.2) is 0 Å². The molecule has 10 atom stereocenters. The third kappa shape index (κ3) is 6.25. The van der Waals surface area contributed by atoms with Gasteiger partial charge in [-0.2, -0.15) is 0 Å². The number of carboxylic acids is 1. The molecule has 11 heteroatoms. The first-order chi connectivity index (χ1) is 18.2. The molecular formula is C26H42NNaO8S. The van der Waals surface area contributed by atoms with Crippen molar-refractivity contribution >= 4 is 22.3 Å². The van der Waals surface area contributed by atoms with E-state index in [1.807, 2.05) is 6.92 Å². The third-order valence-electron chi connectivity index (χ3n) is 10.2. The van der Waals surface area contributed by atoms with Gasteiger partial charge in [-0.1, -0.05) is 20.8 Å². The third-order valence-corrected chi connectivity index (χ3v) is 10.7. The van der Waals surface area contributed by atoms with E-state index in [0.29, 0.717) is 25.7 Å². The summed E-state index contributed by atoms with van der Waals surface area (Å²) in [5.41, 5.74) is -1.31. The average molecular weight is 556 g/mol. The Morgan fingerprint density at radius 2 is 1.92 bits per heavy atom. The molecule has 0 aliphatic heterocycles. The van der Waals surface area contributed by atoms with Crippen molar-refractivity contribution in [2.24, 2.45) is 46.3 Å². The SMILES string of the molecule is [2H]C1([2H])C[C@@]2(C)[C@H](CCC3C4CC[C@H]([C@H](C)CCC(=O)NCC(=O)O)[C@@]4(C)[C@@H](O)C[C@@H]32)C([2H])([2H])[C@@H]1OS(=O)(=O)[O-].[Na+]. The summed E-state index contributed by atoms with van der Waals surface area (Å²) in [6.07, 6.45) is -3.87. The van der Waals surface area contributed by atoms with Crippen LogP contribution < -0.4 is 34.9 Å². The van der Waals surface area contributed by atoms with Crippen LogP contribution in [0, 0.1) is 46.3 Å². The molecule has 2 unspecified atom stereocenters. The monoisotopic (exact) mass is 555 g/mol. The number of hydrogen-bond acceptors (Lipinski definition) is 7. The van der Waals surface area contributed by atoms with Gasteiger partial charge in [-0.15, -0.1) is 0 Å². The number of nitrogens with one attached hydrogen (secondary N) is 1. The minimum absolute atomic E-state index is 0. The van der Waals surface area contributed by atoms with Gasteiger partial charge in [0, 0.05) is 11.9 Å². The van der Waals surface area contributed by atoms with E-state index in [0.717, 1.165) is 12.8 Å². The first-order valence-corrected chi connectivity index (χ1v) is 14.4. The van der Waals surface area contributed by atoms with Gasteiger partial charge in [0.05, 0.1) is 12.2 Å². The van der Waals surface area contributed by atoms with Crippen LogP contribution in [0.5, 0.6) is 0 Å². The number of rotatable bonds is 8. The van der Waals surface area contributed by atoms with Crippen molar-refractivity contribution in [2.75, 3.05) is 6.54 Å². The van der Waals surface area contributed by atoms with Crippen LogP contribution in [0.3, 0.4) is 0 Å². The van der Waals surface area contributed by atoms with E-state index in [2.05, 4.69) is 23.3 Å². The van der Waals surface area contributed by atoms with Gasteiger partial charge in [-0.3, -0.25) is 13.8 Å². The van der Waals surface area contributed by atoms with Crippen LogP contribution in [0.4, 0.5) is 0 Å². The Balaban J connectivity index is 0.00000462. The minimum atomic E-state index is -5.33. The fraction of sp³-hybridized carbons (Fsp3) is 0.923. The van der Waals surface area contributed by atoms with Gasteiger partial charge in [-0.25, -0.2) is 8.42 Å². The number of aliphatic carboxylic acids is 1. The van der Waals surface area contributed by atoms with Crippen molar-refractivity contribution in [3.8, 4) is 0 Å². The summed E-state index contributed by atoms with van der Waals surface area (Å²) < 4.78 is 73.5. The standard InChI is InChI=1S/C26H43NO8S.Na/c1-15(4-9-23(29)27-14-24(30)31)19-7-8-20-18-6-5-16-12-17(35-36(32,33)34)10-11-25(16,2)21(18)13-22(28)26(19,20)3;/h15-22,28H,4-14H2,1-3H3,(H,27,29)(H,30,31)(H,32,33,34);/q;+1/p-1/t15-,16-,17-,18?,19-,20?,21+,22+,25+,26-;/m1./s1/i10D2,12D2;. The zero-order valence-corrected chi connectivity index (χ0v) is 25.1. The number of carbonyl (C=O) groups is 2. The molecule has 0 saturated heterocycles. The van der Waals surface area contributed by atoms with Crippen LogP contribution in [0.25, 0.3) is 0 Å². The minimum Gasteiger partial charge on any atom is -0.726 e. The maximum Gasteiger partial charge on any atom is 1.00 e. The fourth-order valence-electron chi connectivity index (χ4n) is 8.47. The van der Waals surface area contributed by atoms with Gasteiger partial charge in [-0.05, 0) is 104 Å². The van der Waals surface area contributed by atoms with Crippen LogP contribution in [0.2, 0.25) is 0 Å². The van der Waals surface area contributed by atoms with E-state index < -0.39 is 64.6 Å². The number of aliphatic hydroxyl groups is 1. The predicted octanol–water partition coefficient (Wildman–Crippen LogP) is 0.0826. The van der Waals surface area contributed by atoms with Crippen LogP contribution in [-0.2, 0) is 24.2 Å². The first-order valence-electron chi connectivity index (χ1n) is 15.1. The molecule has 4 rings (SSSR count). The van der Waals surface area contributed by atoms with Crippen LogP contribution in [-0.4, -0.2) is 53.8 Å². The van der Waals surface area contributed by atoms with Gasteiger partial charge in [0.2, 0.25) is 16.3 Å². The molecule has 0 aromatic heterocycles. The van der Waals surface area contributed by atoms with E-state index in [4.69, 9.17) is 10.6 Å². The molecule has 4 aliphatic rings. The van der Waals surface area contributed by atoms with Gasteiger partial charge in [0.15, 0.2) is 0 Å². The molecule has 37 heavy (non-hydrogen) atoms. The second-order valence-electron chi connectivity index (χ2n) is 11.9. The van der Waals surface area contributed by atoms with Gasteiger partial charge < -0.3 is 20.1 Å². The summed E-state index contributed by atoms with van der Waals surface area (Å²) in [5, 5.41) is 22.9. The number of fused-ring (bicyclic) bond motifs is 5. The maximum absolute atomic E-state index is 12.1. The van der Waals surface area contributed by atoms with E-state index in [-0.39, 0.29) is 77.9 Å². The van der Waals surface area contributed by atoms with Crippen LogP contribution in [0.1, 0.15) is 90.4 Å². The predicted molar refractivity (Wildman–Crippen MR) is 130 cm³/mol. The fourth-order valence-corrected chi connectivity index (χ4v) is 8.82. The topological polar surface area (TPSA) is 153 Å². The van der Waals surface area contributed by atoms with E-state index in [1.165, 1.54) is 0 Å². The summed E-state index contributed by atoms with van der Waals surface area (Å²) >= 11 is 0. The molecule has 0 spiro atoms. The second kappa shape index (κ2) is 11.7. The molecule has 4 saturated carbocycles. The van der Waals surface area contributed by atoms with Crippen molar-refractivity contribution < 1.29 is 72.0 Å². The zero-order chi connectivity index (χ0) is 30.1. The van der Waals surface area contributed by atoms with Gasteiger partial charge in [0.25, 0.3) is 0 Å². The number of carbonyl (C=O) groups excluding carboxylic acids is 1. The molecule has 9 nitrogen and oxygen atoms in total. The Morgan fingerprint density at radius 3 is 2.57 bits per heavy atom. The number of amides is 1. The summed E-state index contributed by atoms with van der Waals surface area (Å²) in [4.78, 5) is 22.8. The van der Waals surface area contributed by atoms with Gasteiger partial charge in [0.1, 0.15) is 6.54 Å². The van der Waals surface area contributed by atoms with Crippen LogP contribution >= 0.6 is 0 Å². The summed E-state index contributed by atoms with van der Waals surface area (Å²) in [7, 11) is -5.33. The van der Waals surface area contributed by atoms with E-state index in [9.17, 15) is 27.7 Å².